The van der Waals surface area contributed by atoms with Gasteiger partial charge in [-0.25, -0.2) is 13.1 Å². The Morgan fingerprint density at radius 1 is 1.20 bits per heavy atom. The minimum atomic E-state index is -3.73. The van der Waals surface area contributed by atoms with Crippen molar-refractivity contribution in [3.63, 3.8) is 0 Å². The van der Waals surface area contributed by atoms with Gasteiger partial charge in [0.05, 0.1) is 11.6 Å². The largest absolute Gasteiger partial charge is 0.493 e. The van der Waals surface area contributed by atoms with Crippen LogP contribution in [-0.2, 0) is 22.9 Å². The molecule has 1 aliphatic rings. The van der Waals surface area contributed by atoms with E-state index in [1.165, 1.54) is 17.7 Å². The highest BCUT2D eigenvalue weighted by Gasteiger charge is 2.22. The maximum atomic E-state index is 12.6. The summed E-state index contributed by atoms with van der Waals surface area (Å²) >= 11 is 12.1. The van der Waals surface area contributed by atoms with Crippen molar-refractivity contribution in [2.45, 2.75) is 37.6 Å². The molecule has 2 aromatic carbocycles. The van der Waals surface area contributed by atoms with Gasteiger partial charge in [-0.15, -0.1) is 0 Å². The van der Waals surface area contributed by atoms with E-state index in [1.54, 1.807) is 6.92 Å². The van der Waals surface area contributed by atoms with Crippen LogP contribution >= 0.6 is 23.2 Å². The van der Waals surface area contributed by atoms with Gasteiger partial charge in [0.15, 0.2) is 0 Å². The Bertz CT molecular complexity index is 913. The minimum Gasteiger partial charge on any atom is -0.493 e. The van der Waals surface area contributed by atoms with Crippen LogP contribution in [0.4, 0.5) is 0 Å². The average Bonchev–Trinajstić information content (AvgIpc) is 2.97. The van der Waals surface area contributed by atoms with E-state index < -0.39 is 10.0 Å². The molecule has 25 heavy (non-hydrogen) atoms. The van der Waals surface area contributed by atoms with Crippen LogP contribution in [-0.4, -0.2) is 21.1 Å². The SMILES string of the molecule is Cc1cc(S(=O)(=O)NC(C)Cc2ccc3c(c2)CCO3)c(Cl)cc1Cl. The molecule has 134 valence electrons. The van der Waals surface area contributed by atoms with Crippen molar-refractivity contribution in [3.8, 4) is 5.75 Å². The molecule has 0 spiro atoms. The lowest BCUT2D eigenvalue weighted by Gasteiger charge is -2.16. The molecule has 4 nitrogen and oxygen atoms in total. The summed E-state index contributed by atoms with van der Waals surface area (Å²) in [4.78, 5) is 0.0465. The van der Waals surface area contributed by atoms with E-state index in [1.807, 2.05) is 19.1 Å². The quantitative estimate of drug-likeness (QED) is 0.821. The maximum Gasteiger partial charge on any atom is 0.242 e. The second kappa shape index (κ2) is 7.16. The van der Waals surface area contributed by atoms with Gasteiger partial charge in [-0.1, -0.05) is 35.3 Å². The number of hydrogen-bond acceptors (Lipinski definition) is 3. The summed E-state index contributed by atoms with van der Waals surface area (Å²) in [5.74, 6) is 0.917. The van der Waals surface area contributed by atoms with Crippen molar-refractivity contribution in [3.05, 3.63) is 57.1 Å². The first-order chi connectivity index (χ1) is 11.8. The zero-order chi connectivity index (χ0) is 18.2. The molecule has 1 heterocycles. The predicted molar refractivity (Wildman–Crippen MR) is 100 cm³/mol. The van der Waals surface area contributed by atoms with Crippen molar-refractivity contribution in [1.29, 1.82) is 0 Å². The van der Waals surface area contributed by atoms with E-state index in [0.717, 1.165) is 17.7 Å². The Balaban J connectivity index is 1.75. The van der Waals surface area contributed by atoms with Crippen LogP contribution in [0.3, 0.4) is 0 Å². The van der Waals surface area contributed by atoms with E-state index in [4.69, 9.17) is 27.9 Å². The summed E-state index contributed by atoms with van der Waals surface area (Å²) in [6, 6.07) is 8.65. The van der Waals surface area contributed by atoms with Crippen molar-refractivity contribution in [2.75, 3.05) is 6.61 Å². The normalized spacial score (nSPS) is 14.9. The van der Waals surface area contributed by atoms with Gasteiger partial charge in [-0.2, -0.15) is 0 Å². The number of benzene rings is 2. The summed E-state index contributed by atoms with van der Waals surface area (Å²) in [6.07, 6.45) is 1.47. The van der Waals surface area contributed by atoms with E-state index in [-0.39, 0.29) is 16.0 Å². The Kier molecular flexibility index (Phi) is 5.30. The average molecular weight is 400 g/mol. The lowest BCUT2D eigenvalue weighted by Crippen LogP contribution is -2.34. The number of ether oxygens (including phenoxy) is 1. The number of sulfonamides is 1. The highest BCUT2D eigenvalue weighted by atomic mass is 35.5. The van der Waals surface area contributed by atoms with Crippen molar-refractivity contribution in [1.82, 2.24) is 4.72 Å². The van der Waals surface area contributed by atoms with E-state index in [0.29, 0.717) is 23.6 Å². The van der Waals surface area contributed by atoms with Crippen molar-refractivity contribution < 1.29 is 13.2 Å². The molecule has 0 amide bonds. The molecule has 0 aromatic heterocycles. The van der Waals surface area contributed by atoms with Gasteiger partial charge in [0.2, 0.25) is 10.0 Å². The van der Waals surface area contributed by atoms with Crippen LogP contribution in [0, 0.1) is 6.92 Å². The third-order valence-electron chi connectivity index (χ3n) is 4.15. The van der Waals surface area contributed by atoms with Crippen molar-refractivity contribution in [2.24, 2.45) is 0 Å². The van der Waals surface area contributed by atoms with Crippen LogP contribution in [0.25, 0.3) is 0 Å². The van der Waals surface area contributed by atoms with E-state index >= 15 is 0 Å². The fraction of sp³-hybridized carbons (Fsp3) is 0.333. The molecule has 0 fully saturated rings. The van der Waals surface area contributed by atoms with E-state index in [2.05, 4.69) is 10.8 Å². The first-order valence-electron chi connectivity index (χ1n) is 7.99. The number of fused-ring (bicyclic) bond motifs is 1. The molecule has 2 aromatic rings. The zero-order valence-electron chi connectivity index (χ0n) is 14.0. The van der Waals surface area contributed by atoms with Gasteiger partial charge in [0.25, 0.3) is 0 Å². The summed E-state index contributed by atoms with van der Waals surface area (Å²) in [7, 11) is -3.73. The Labute approximate surface area is 158 Å². The van der Waals surface area contributed by atoms with Crippen LogP contribution in [0.1, 0.15) is 23.6 Å². The fourth-order valence-electron chi connectivity index (χ4n) is 2.93. The molecule has 0 saturated carbocycles. The number of halogens is 2. The summed E-state index contributed by atoms with van der Waals surface area (Å²) in [5.41, 5.74) is 2.90. The Morgan fingerprint density at radius 3 is 2.72 bits per heavy atom. The lowest BCUT2D eigenvalue weighted by molar-refractivity contribution is 0.357. The molecular formula is C18H19Cl2NO3S. The zero-order valence-corrected chi connectivity index (χ0v) is 16.3. The predicted octanol–water partition coefficient (Wildman–Crippen LogP) is 4.15. The molecular weight excluding hydrogens is 381 g/mol. The van der Waals surface area contributed by atoms with Gasteiger partial charge in [-0.05, 0) is 55.2 Å². The minimum absolute atomic E-state index is 0.0465. The van der Waals surface area contributed by atoms with Gasteiger partial charge in [-0.3, -0.25) is 0 Å². The number of nitrogens with one attached hydrogen (secondary N) is 1. The second-order valence-corrected chi connectivity index (χ2v) is 8.80. The number of aryl methyl sites for hydroxylation is 1. The van der Waals surface area contributed by atoms with E-state index in [9.17, 15) is 8.42 Å². The number of hydrogen-bond donors (Lipinski definition) is 1. The summed E-state index contributed by atoms with van der Waals surface area (Å²) in [6.45, 7) is 4.28. The standard InChI is InChI=1S/C18H19Cl2NO3S/c1-11-7-18(16(20)10-15(11)19)25(22,23)21-12(2)8-13-3-4-17-14(9-13)5-6-24-17/h3-4,7,9-10,12,21H,5-6,8H2,1-2H3. The van der Waals surface area contributed by atoms with Gasteiger partial charge in [0, 0.05) is 17.5 Å². The molecule has 0 radical (unpaired) electrons. The third-order valence-corrected chi connectivity index (χ3v) is 6.62. The summed E-state index contributed by atoms with van der Waals surface area (Å²) < 4.78 is 33.5. The second-order valence-electron chi connectivity index (χ2n) is 6.30. The molecule has 7 heteroatoms. The number of rotatable bonds is 5. The molecule has 1 unspecified atom stereocenters. The summed E-state index contributed by atoms with van der Waals surface area (Å²) in [5, 5.41) is 0.558. The van der Waals surface area contributed by atoms with Gasteiger partial charge in [0.1, 0.15) is 10.6 Å². The molecule has 0 aliphatic carbocycles. The van der Waals surface area contributed by atoms with Crippen LogP contribution < -0.4 is 9.46 Å². The molecule has 1 N–H and O–H groups in total. The maximum absolute atomic E-state index is 12.6. The molecule has 1 atom stereocenters. The topological polar surface area (TPSA) is 55.4 Å². The molecule has 3 rings (SSSR count). The lowest BCUT2D eigenvalue weighted by atomic mass is 10.0. The Hall–Kier alpha value is -1.27. The smallest absolute Gasteiger partial charge is 0.242 e. The van der Waals surface area contributed by atoms with Crippen molar-refractivity contribution >= 4 is 33.2 Å². The highest BCUT2D eigenvalue weighted by molar-refractivity contribution is 7.89. The van der Waals surface area contributed by atoms with Crippen LogP contribution in [0.2, 0.25) is 10.0 Å². The monoisotopic (exact) mass is 399 g/mol. The van der Waals surface area contributed by atoms with Crippen LogP contribution in [0.5, 0.6) is 5.75 Å². The Morgan fingerprint density at radius 2 is 1.96 bits per heavy atom. The first-order valence-corrected chi connectivity index (χ1v) is 10.2. The molecule has 0 saturated heterocycles. The van der Waals surface area contributed by atoms with Gasteiger partial charge < -0.3 is 4.74 Å². The fourth-order valence-corrected chi connectivity index (χ4v) is 5.00. The highest BCUT2D eigenvalue weighted by Crippen LogP contribution is 2.29. The molecule has 0 bridgehead atoms. The first kappa shape index (κ1) is 18.5. The van der Waals surface area contributed by atoms with Gasteiger partial charge >= 0.3 is 0 Å². The van der Waals surface area contributed by atoms with Crippen LogP contribution in [0.15, 0.2) is 35.2 Å². The third kappa shape index (κ3) is 4.11. The molecule has 1 aliphatic heterocycles.